The molecule has 1 aliphatic rings. The molecule has 0 fully saturated rings. The topological polar surface area (TPSA) is 135 Å². The maximum atomic E-state index is 13.2. The lowest BCUT2D eigenvalue weighted by Crippen LogP contribution is -2.21. The fraction of sp³-hybridized carbons (Fsp3) is 0.179. The molecule has 0 bridgehead atoms. The summed E-state index contributed by atoms with van der Waals surface area (Å²) in [5.74, 6) is -0.556. The van der Waals surface area contributed by atoms with E-state index in [0.717, 1.165) is 30.1 Å². The van der Waals surface area contributed by atoms with Crippen molar-refractivity contribution in [1.29, 1.82) is 10.5 Å². The molecule has 0 radical (unpaired) electrons. The Morgan fingerprint density at radius 2 is 1.82 bits per heavy atom. The van der Waals surface area contributed by atoms with Gasteiger partial charge in [-0.15, -0.1) is 10.2 Å². The van der Waals surface area contributed by atoms with E-state index in [4.69, 9.17) is 11.6 Å². The standard InChI is InChI=1S/C28H22ClN7O2S/c1-4-36(5-2)18-10-11-22(23(12-18)32-16(3)37)34-35-28-33-27(29)24(39-28)13-21-25(17(14-30)15-31)19-8-6-7-9-20(19)26(21)38/h6-13H,4-5H2,1-3H3,(H,32,37)/b21-13-,35-34?. The van der Waals surface area contributed by atoms with E-state index >= 15 is 0 Å². The third-order valence-corrected chi connectivity index (χ3v) is 7.25. The summed E-state index contributed by atoms with van der Waals surface area (Å²) in [5.41, 5.74) is 3.08. The number of allylic oxidation sites excluding steroid dienone is 3. The van der Waals surface area contributed by atoms with E-state index in [1.807, 2.05) is 38.1 Å². The number of fused-ring (bicyclic) bond motifs is 1. The fourth-order valence-electron chi connectivity index (χ4n) is 4.20. The summed E-state index contributed by atoms with van der Waals surface area (Å²) in [6.45, 7) is 7.13. The van der Waals surface area contributed by atoms with Crippen molar-refractivity contribution in [2.24, 2.45) is 10.2 Å². The molecular formula is C28H22ClN7O2S. The number of hydrogen-bond donors (Lipinski definition) is 1. The highest BCUT2D eigenvalue weighted by molar-refractivity contribution is 7.16. The number of nitrogens with one attached hydrogen (secondary N) is 1. The van der Waals surface area contributed by atoms with E-state index in [2.05, 4.69) is 25.4 Å². The molecule has 2 aromatic carbocycles. The second-order valence-electron chi connectivity index (χ2n) is 8.31. The van der Waals surface area contributed by atoms with Crippen molar-refractivity contribution < 1.29 is 9.59 Å². The number of Topliss-reactive ketones (excluding diaryl/α,β-unsaturated/α-hetero) is 1. The Balaban J connectivity index is 1.71. The first-order chi connectivity index (χ1) is 18.8. The van der Waals surface area contributed by atoms with Gasteiger partial charge in [-0.3, -0.25) is 9.59 Å². The van der Waals surface area contributed by atoms with Crippen LogP contribution >= 0.6 is 22.9 Å². The van der Waals surface area contributed by atoms with Crippen LogP contribution in [0.2, 0.25) is 5.15 Å². The summed E-state index contributed by atoms with van der Waals surface area (Å²) in [6.07, 6.45) is 1.52. The van der Waals surface area contributed by atoms with Gasteiger partial charge in [-0.25, -0.2) is 4.98 Å². The Morgan fingerprint density at radius 1 is 1.13 bits per heavy atom. The molecule has 4 rings (SSSR count). The number of nitriles is 2. The van der Waals surface area contributed by atoms with Crippen molar-refractivity contribution in [3.63, 3.8) is 0 Å². The number of azo groups is 1. The molecule has 0 unspecified atom stereocenters. The first-order valence-corrected chi connectivity index (χ1v) is 13.2. The van der Waals surface area contributed by atoms with E-state index in [1.54, 1.807) is 30.3 Å². The number of amides is 1. The number of nitrogens with zero attached hydrogens (tertiary/aromatic N) is 6. The number of thiazole rings is 1. The third kappa shape index (κ3) is 5.63. The molecule has 11 heteroatoms. The van der Waals surface area contributed by atoms with Crippen molar-refractivity contribution in [2.75, 3.05) is 23.3 Å². The average Bonchev–Trinajstić information content (AvgIpc) is 3.41. The smallest absolute Gasteiger partial charge is 0.231 e. The Hall–Kier alpha value is -4.64. The van der Waals surface area contributed by atoms with Gasteiger partial charge in [0, 0.05) is 42.4 Å². The summed E-state index contributed by atoms with van der Waals surface area (Å²) >= 11 is 7.47. The number of carbonyl (C=O) groups excluding carboxylic acids is 2. The summed E-state index contributed by atoms with van der Waals surface area (Å²) in [6, 6.07) is 16.1. The Morgan fingerprint density at radius 3 is 2.46 bits per heavy atom. The summed E-state index contributed by atoms with van der Waals surface area (Å²) in [5, 5.41) is 30.6. The molecule has 3 aromatic rings. The number of halogens is 1. The summed E-state index contributed by atoms with van der Waals surface area (Å²) in [7, 11) is 0. The highest BCUT2D eigenvalue weighted by Gasteiger charge is 2.32. The first-order valence-electron chi connectivity index (χ1n) is 12.0. The van der Waals surface area contributed by atoms with Gasteiger partial charge in [0.1, 0.15) is 28.6 Å². The van der Waals surface area contributed by atoms with E-state index < -0.39 is 0 Å². The largest absolute Gasteiger partial charge is 0.372 e. The normalized spacial score (nSPS) is 13.3. The molecule has 0 spiro atoms. The van der Waals surface area contributed by atoms with Gasteiger partial charge in [-0.05, 0) is 43.7 Å². The van der Waals surface area contributed by atoms with E-state index in [1.165, 1.54) is 13.0 Å². The van der Waals surface area contributed by atoms with Crippen molar-refractivity contribution in [3.05, 3.63) is 74.8 Å². The molecule has 0 atom stereocenters. The number of ketones is 1. The minimum atomic E-state index is -0.315. The minimum Gasteiger partial charge on any atom is -0.372 e. The van der Waals surface area contributed by atoms with Crippen molar-refractivity contribution in [3.8, 4) is 12.1 Å². The van der Waals surface area contributed by atoms with Gasteiger partial charge in [-0.1, -0.05) is 47.2 Å². The summed E-state index contributed by atoms with van der Waals surface area (Å²) < 4.78 is 0. The number of carbonyl (C=O) groups is 2. The minimum absolute atomic E-state index is 0.0963. The van der Waals surface area contributed by atoms with Crippen molar-refractivity contribution >= 4 is 68.5 Å². The van der Waals surface area contributed by atoms with Crippen molar-refractivity contribution in [2.45, 2.75) is 20.8 Å². The quantitative estimate of drug-likeness (QED) is 0.188. The van der Waals surface area contributed by atoms with Crippen LogP contribution < -0.4 is 10.2 Å². The molecule has 0 saturated heterocycles. The van der Waals surface area contributed by atoms with Gasteiger partial charge in [0.15, 0.2) is 5.78 Å². The Bertz CT molecular complexity index is 1640. The van der Waals surface area contributed by atoms with Crippen molar-refractivity contribution in [1.82, 2.24) is 4.98 Å². The van der Waals surface area contributed by atoms with E-state index in [9.17, 15) is 20.1 Å². The lowest BCUT2D eigenvalue weighted by molar-refractivity contribution is -0.114. The van der Waals surface area contributed by atoms with Gasteiger partial charge in [0.05, 0.1) is 10.6 Å². The molecule has 1 aliphatic carbocycles. The highest BCUT2D eigenvalue weighted by Crippen LogP contribution is 2.42. The zero-order valence-corrected chi connectivity index (χ0v) is 22.9. The second-order valence-corrected chi connectivity index (χ2v) is 9.68. The van der Waals surface area contributed by atoms with Crippen LogP contribution in [0.1, 0.15) is 41.6 Å². The van der Waals surface area contributed by atoms with Crippen LogP contribution in [0.15, 0.2) is 63.8 Å². The molecule has 9 nitrogen and oxygen atoms in total. The lowest BCUT2D eigenvalue weighted by Gasteiger charge is -2.22. The second kappa shape index (κ2) is 11.8. The van der Waals surface area contributed by atoms with Crippen LogP contribution in [0.4, 0.5) is 22.2 Å². The van der Waals surface area contributed by atoms with Crippen LogP contribution in [-0.4, -0.2) is 29.8 Å². The molecular weight excluding hydrogens is 534 g/mol. The highest BCUT2D eigenvalue weighted by atomic mass is 35.5. The summed E-state index contributed by atoms with van der Waals surface area (Å²) in [4.78, 5) is 31.8. The number of benzene rings is 2. The zero-order valence-electron chi connectivity index (χ0n) is 21.3. The maximum Gasteiger partial charge on any atom is 0.231 e. The number of anilines is 2. The van der Waals surface area contributed by atoms with Gasteiger partial charge in [-0.2, -0.15) is 10.5 Å². The van der Waals surface area contributed by atoms with Crippen LogP contribution in [0.5, 0.6) is 0 Å². The molecule has 39 heavy (non-hydrogen) atoms. The number of rotatable bonds is 7. The van der Waals surface area contributed by atoms with Gasteiger partial charge >= 0.3 is 0 Å². The Kier molecular flexibility index (Phi) is 8.30. The predicted octanol–water partition coefficient (Wildman–Crippen LogP) is 7.10. The molecule has 0 aliphatic heterocycles. The van der Waals surface area contributed by atoms with Crippen LogP contribution in [0.3, 0.4) is 0 Å². The first kappa shape index (κ1) is 27.4. The SMILES string of the molecule is CCN(CC)c1ccc(N=Nc2nc(Cl)c(/C=C3\C(=O)c4ccccc4C3=C(C#N)C#N)s2)c(NC(C)=O)c1. The lowest BCUT2D eigenvalue weighted by atomic mass is 9.99. The monoisotopic (exact) mass is 555 g/mol. The van der Waals surface area contributed by atoms with E-state index in [-0.39, 0.29) is 38.7 Å². The average molecular weight is 556 g/mol. The Labute approximate surface area is 234 Å². The molecule has 1 N–H and O–H groups in total. The number of hydrogen-bond acceptors (Lipinski definition) is 9. The molecule has 1 aromatic heterocycles. The molecule has 1 heterocycles. The van der Waals surface area contributed by atoms with Crippen LogP contribution in [0.25, 0.3) is 11.6 Å². The van der Waals surface area contributed by atoms with E-state index in [0.29, 0.717) is 27.4 Å². The van der Waals surface area contributed by atoms with Crippen LogP contribution in [0, 0.1) is 22.7 Å². The fourth-order valence-corrected chi connectivity index (χ4v) is 5.22. The van der Waals surface area contributed by atoms with Gasteiger partial charge in [0.2, 0.25) is 11.0 Å². The molecule has 0 saturated carbocycles. The third-order valence-electron chi connectivity index (χ3n) is 5.97. The molecule has 194 valence electrons. The maximum absolute atomic E-state index is 13.2. The van der Waals surface area contributed by atoms with Gasteiger partial charge in [0.25, 0.3) is 0 Å². The molecule has 1 amide bonds. The number of aromatic nitrogens is 1. The van der Waals surface area contributed by atoms with Crippen LogP contribution in [-0.2, 0) is 4.79 Å². The van der Waals surface area contributed by atoms with Gasteiger partial charge < -0.3 is 10.2 Å². The zero-order chi connectivity index (χ0) is 28.1. The predicted molar refractivity (Wildman–Crippen MR) is 153 cm³/mol.